The van der Waals surface area contributed by atoms with Crippen molar-refractivity contribution in [2.75, 3.05) is 30.2 Å². The summed E-state index contributed by atoms with van der Waals surface area (Å²) in [5.74, 6) is -0.885. The molecule has 5 aromatic carbocycles. The summed E-state index contributed by atoms with van der Waals surface area (Å²) >= 11 is 0. The maximum Gasteiger partial charge on any atom is 0.301 e. The Balaban J connectivity index is 1.74. The summed E-state index contributed by atoms with van der Waals surface area (Å²) in [7, 11) is 3.09. The monoisotopic (exact) mass is 571 g/mol. The van der Waals surface area contributed by atoms with Crippen molar-refractivity contribution in [2.45, 2.75) is 5.66 Å². The second-order valence-electron chi connectivity index (χ2n) is 10.1. The molecule has 1 aliphatic rings. The Kier molecular flexibility index (Phi) is 6.95. The lowest BCUT2D eigenvalue weighted by Crippen LogP contribution is -2.51. The highest BCUT2D eigenvalue weighted by atomic mass is 16.5. The third kappa shape index (κ3) is 4.49. The number of carbonyl (C=O) groups excluding carboxylic acids is 2. The summed E-state index contributed by atoms with van der Waals surface area (Å²) in [6.07, 6.45) is 0. The Morgan fingerprint density at radius 3 is 2.05 bits per heavy atom. The van der Waals surface area contributed by atoms with E-state index in [1.807, 2.05) is 36.4 Å². The van der Waals surface area contributed by atoms with Gasteiger partial charge in [-0.1, -0.05) is 60.7 Å². The van der Waals surface area contributed by atoms with Crippen molar-refractivity contribution in [3.8, 4) is 11.5 Å². The Hall–Kier alpha value is -5.76. The van der Waals surface area contributed by atoms with Gasteiger partial charge in [-0.25, -0.2) is 0 Å². The van der Waals surface area contributed by atoms with Crippen LogP contribution in [0.5, 0.6) is 11.5 Å². The number of nitrogens with one attached hydrogen (secondary N) is 1. The van der Waals surface area contributed by atoms with Gasteiger partial charge in [-0.3, -0.25) is 14.5 Å². The molecule has 1 unspecified atom stereocenters. The van der Waals surface area contributed by atoms with Crippen LogP contribution in [0.25, 0.3) is 16.5 Å². The minimum atomic E-state index is -1.73. The van der Waals surface area contributed by atoms with Crippen LogP contribution in [0.1, 0.15) is 11.1 Å². The standard InChI is InChI=1S/C35H29N3O5/c1-42-25-18-14-23(15-19-25)32(39)31-33(40)34(41)38(30-13-7-9-22-8-3-4-10-27(22)30)35(31,24-16-20-26(43-2)21-17-24)37-29-12-6-5-11-28(29)36/h3-21,37,39H,36H2,1-2H3/b32-31-. The van der Waals surface area contributed by atoms with Crippen molar-refractivity contribution >= 4 is 45.3 Å². The molecule has 1 atom stereocenters. The molecule has 1 amide bonds. The summed E-state index contributed by atoms with van der Waals surface area (Å²) in [5.41, 5.74) is 6.71. The molecule has 0 bridgehead atoms. The summed E-state index contributed by atoms with van der Waals surface area (Å²) in [6.45, 7) is 0. The van der Waals surface area contributed by atoms with E-state index in [0.717, 1.165) is 10.8 Å². The number of amides is 1. The van der Waals surface area contributed by atoms with Gasteiger partial charge in [0.25, 0.3) is 5.78 Å². The molecule has 1 heterocycles. The molecule has 0 radical (unpaired) electrons. The number of benzene rings is 5. The number of nitrogen functional groups attached to an aromatic ring is 1. The fourth-order valence-corrected chi connectivity index (χ4v) is 5.60. The van der Waals surface area contributed by atoms with Crippen LogP contribution in [-0.2, 0) is 15.3 Å². The van der Waals surface area contributed by atoms with Gasteiger partial charge >= 0.3 is 5.91 Å². The maximum atomic E-state index is 14.3. The van der Waals surface area contributed by atoms with E-state index in [1.54, 1.807) is 86.0 Å². The molecule has 6 rings (SSSR count). The number of aliphatic hydroxyl groups excluding tert-OH is 1. The molecule has 4 N–H and O–H groups in total. The second kappa shape index (κ2) is 10.9. The number of carbonyl (C=O) groups is 2. The summed E-state index contributed by atoms with van der Waals surface area (Å²) < 4.78 is 10.7. The second-order valence-corrected chi connectivity index (χ2v) is 10.1. The number of anilines is 3. The lowest BCUT2D eigenvalue weighted by Gasteiger charge is -2.41. The van der Waals surface area contributed by atoms with Gasteiger partial charge in [0.1, 0.15) is 17.3 Å². The molecule has 8 nitrogen and oxygen atoms in total. The average Bonchev–Trinajstić information content (AvgIpc) is 3.27. The van der Waals surface area contributed by atoms with E-state index < -0.39 is 17.4 Å². The van der Waals surface area contributed by atoms with Gasteiger partial charge < -0.3 is 25.6 Å². The molecule has 8 heteroatoms. The number of Topliss-reactive ketones (excluding diaryl/α,β-unsaturated/α-hetero) is 1. The Bertz CT molecular complexity index is 1880. The highest BCUT2D eigenvalue weighted by Gasteiger charge is 2.59. The molecule has 1 fully saturated rings. The molecular formula is C35H29N3O5. The summed E-state index contributed by atoms with van der Waals surface area (Å²) in [5, 5.41) is 17.0. The van der Waals surface area contributed by atoms with Crippen LogP contribution < -0.4 is 25.4 Å². The molecule has 1 saturated heterocycles. The van der Waals surface area contributed by atoms with Crippen LogP contribution >= 0.6 is 0 Å². The first-order valence-corrected chi connectivity index (χ1v) is 13.6. The van der Waals surface area contributed by atoms with Crippen molar-refractivity contribution in [1.82, 2.24) is 0 Å². The number of nitrogens with two attached hydrogens (primary N) is 1. The number of para-hydroxylation sites is 2. The highest BCUT2D eigenvalue weighted by molar-refractivity contribution is 6.53. The Morgan fingerprint density at radius 1 is 0.767 bits per heavy atom. The Morgan fingerprint density at radius 2 is 1.37 bits per heavy atom. The van der Waals surface area contributed by atoms with Crippen LogP contribution in [0.2, 0.25) is 0 Å². The molecule has 1 aliphatic heterocycles. The molecule has 0 saturated carbocycles. The van der Waals surface area contributed by atoms with Crippen molar-refractivity contribution < 1.29 is 24.2 Å². The molecule has 0 spiro atoms. The smallest absolute Gasteiger partial charge is 0.301 e. The zero-order valence-corrected chi connectivity index (χ0v) is 23.6. The number of hydrogen-bond acceptors (Lipinski definition) is 7. The quantitative estimate of drug-likeness (QED) is 0.0911. The maximum absolute atomic E-state index is 14.3. The zero-order chi connectivity index (χ0) is 30.1. The van der Waals surface area contributed by atoms with Crippen LogP contribution in [0.3, 0.4) is 0 Å². The topological polar surface area (TPSA) is 114 Å². The number of ether oxygens (including phenoxy) is 2. The normalized spacial score (nSPS) is 17.7. The first-order chi connectivity index (χ1) is 20.9. The van der Waals surface area contributed by atoms with Crippen molar-refractivity contribution in [3.63, 3.8) is 0 Å². The highest BCUT2D eigenvalue weighted by Crippen LogP contribution is 2.50. The number of rotatable bonds is 7. The average molecular weight is 572 g/mol. The van der Waals surface area contributed by atoms with Crippen LogP contribution in [0.15, 0.2) is 121 Å². The minimum Gasteiger partial charge on any atom is -0.507 e. The van der Waals surface area contributed by atoms with Gasteiger partial charge in [0.15, 0.2) is 5.66 Å². The van der Waals surface area contributed by atoms with E-state index in [9.17, 15) is 14.7 Å². The fourth-order valence-electron chi connectivity index (χ4n) is 5.60. The number of ketones is 1. The minimum absolute atomic E-state index is 0.149. The van der Waals surface area contributed by atoms with E-state index in [2.05, 4.69) is 5.32 Å². The molecule has 214 valence electrons. The lowest BCUT2D eigenvalue weighted by molar-refractivity contribution is -0.132. The van der Waals surface area contributed by atoms with Gasteiger partial charge in [-0.2, -0.15) is 0 Å². The number of methoxy groups -OCH3 is 2. The van der Waals surface area contributed by atoms with Gasteiger partial charge in [0.05, 0.1) is 36.9 Å². The van der Waals surface area contributed by atoms with Gasteiger partial charge in [0.2, 0.25) is 0 Å². The van der Waals surface area contributed by atoms with Crippen molar-refractivity contribution in [2.24, 2.45) is 0 Å². The predicted molar refractivity (Wildman–Crippen MR) is 168 cm³/mol. The SMILES string of the molecule is COc1ccc(/C(O)=C2\C(=O)C(=O)N(c3cccc4ccccc34)C2(Nc2ccccc2N)c2ccc(OC)cc2)cc1. The zero-order valence-electron chi connectivity index (χ0n) is 23.6. The number of aliphatic hydroxyl groups is 1. The fraction of sp³-hybridized carbons (Fsp3) is 0.0857. The third-order valence-electron chi connectivity index (χ3n) is 7.71. The number of hydrogen-bond donors (Lipinski definition) is 3. The number of nitrogens with zero attached hydrogens (tertiary/aromatic N) is 1. The molecule has 43 heavy (non-hydrogen) atoms. The van der Waals surface area contributed by atoms with E-state index in [0.29, 0.717) is 39.7 Å². The van der Waals surface area contributed by atoms with E-state index in [-0.39, 0.29) is 11.3 Å². The van der Waals surface area contributed by atoms with Gasteiger partial charge in [0, 0.05) is 16.5 Å². The van der Waals surface area contributed by atoms with E-state index >= 15 is 0 Å². The van der Waals surface area contributed by atoms with Crippen molar-refractivity contribution in [3.05, 3.63) is 132 Å². The molecule has 0 aromatic heterocycles. The first-order valence-electron chi connectivity index (χ1n) is 13.6. The lowest BCUT2D eigenvalue weighted by atomic mass is 9.87. The van der Waals surface area contributed by atoms with Gasteiger partial charge in [-0.15, -0.1) is 0 Å². The number of fused-ring (bicyclic) bond motifs is 1. The largest absolute Gasteiger partial charge is 0.507 e. The van der Waals surface area contributed by atoms with Crippen LogP contribution in [0.4, 0.5) is 17.1 Å². The van der Waals surface area contributed by atoms with E-state index in [1.165, 1.54) is 12.0 Å². The third-order valence-corrected chi connectivity index (χ3v) is 7.71. The van der Waals surface area contributed by atoms with Crippen LogP contribution in [0, 0.1) is 0 Å². The Labute approximate surface area is 248 Å². The van der Waals surface area contributed by atoms with Gasteiger partial charge in [-0.05, 0) is 60.0 Å². The summed E-state index contributed by atoms with van der Waals surface area (Å²) in [4.78, 5) is 29.9. The van der Waals surface area contributed by atoms with Crippen LogP contribution in [-0.4, -0.2) is 31.0 Å². The molecule has 5 aromatic rings. The first kappa shape index (κ1) is 27.4. The summed E-state index contributed by atoms with van der Waals surface area (Å²) in [6, 6.07) is 33.8. The van der Waals surface area contributed by atoms with E-state index in [4.69, 9.17) is 15.2 Å². The van der Waals surface area contributed by atoms with Crippen molar-refractivity contribution in [1.29, 1.82) is 0 Å². The predicted octanol–water partition coefficient (Wildman–Crippen LogP) is 6.29. The molecule has 0 aliphatic carbocycles. The molecular weight excluding hydrogens is 542 g/mol.